The van der Waals surface area contributed by atoms with Crippen molar-refractivity contribution in [3.05, 3.63) is 58.6 Å². The summed E-state index contributed by atoms with van der Waals surface area (Å²) in [6, 6.07) is 12.1. The van der Waals surface area contributed by atoms with E-state index in [2.05, 4.69) is 0 Å². The van der Waals surface area contributed by atoms with Crippen LogP contribution in [0.25, 0.3) is 0 Å². The van der Waals surface area contributed by atoms with Crippen LogP contribution in [0.15, 0.2) is 42.5 Å². The second-order valence-electron chi connectivity index (χ2n) is 5.62. The van der Waals surface area contributed by atoms with E-state index < -0.39 is 12.5 Å². The van der Waals surface area contributed by atoms with Gasteiger partial charge in [0, 0.05) is 17.1 Å². The van der Waals surface area contributed by atoms with E-state index in [1.54, 1.807) is 42.5 Å². The van der Waals surface area contributed by atoms with Gasteiger partial charge in [-0.05, 0) is 35.9 Å². The number of methoxy groups -OCH3 is 2. The van der Waals surface area contributed by atoms with Gasteiger partial charge in [0.05, 0.1) is 20.6 Å². The van der Waals surface area contributed by atoms with Gasteiger partial charge in [0.25, 0.3) is 0 Å². The molecule has 2 aromatic rings. The first-order valence-corrected chi connectivity index (χ1v) is 8.25. The molecule has 0 aromatic heterocycles. The van der Waals surface area contributed by atoms with E-state index in [9.17, 15) is 9.59 Å². The first-order valence-electron chi connectivity index (χ1n) is 7.88. The zero-order valence-electron chi connectivity index (χ0n) is 14.6. The van der Waals surface area contributed by atoms with Crippen molar-refractivity contribution in [3.63, 3.8) is 0 Å². The summed E-state index contributed by atoms with van der Waals surface area (Å²) in [5.41, 5.74) is 1.42. The molecular weight excluding hydrogens is 358 g/mol. The normalized spacial score (nSPS) is 10.3. The van der Waals surface area contributed by atoms with E-state index in [4.69, 9.17) is 26.2 Å². The zero-order chi connectivity index (χ0) is 19.1. The molecule has 0 bridgehead atoms. The fourth-order valence-electron chi connectivity index (χ4n) is 2.50. The van der Waals surface area contributed by atoms with Gasteiger partial charge in [0.15, 0.2) is 0 Å². The Kier molecular flexibility index (Phi) is 6.86. The predicted octanol–water partition coefficient (Wildman–Crippen LogP) is 3.01. The highest BCUT2D eigenvalue weighted by molar-refractivity contribution is 6.30. The number of halogens is 1. The molecule has 0 heterocycles. The minimum atomic E-state index is -1.08. The highest BCUT2D eigenvalue weighted by atomic mass is 35.5. The van der Waals surface area contributed by atoms with Crippen molar-refractivity contribution in [1.82, 2.24) is 4.90 Å². The summed E-state index contributed by atoms with van der Waals surface area (Å²) in [6.45, 7) is -0.220. The number of carboxylic acid groups (broad SMARTS) is 1. The first kappa shape index (κ1) is 19.6. The maximum Gasteiger partial charge on any atom is 0.323 e. The van der Waals surface area contributed by atoms with Crippen LogP contribution in [-0.4, -0.2) is 42.6 Å². The molecule has 0 aliphatic carbocycles. The molecule has 0 saturated carbocycles. The maximum absolute atomic E-state index is 12.7. The SMILES string of the molecule is COc1ccc(OC)c(CC(=O)N(CC(=O)O)Cc2ccc(Cl)cc2)c1. The fourth-order valence-corrected chi connectivity index (χ4v) is 2.63. The van der Waals surface area contributed by atoms with Crippen molar-refractivity contribution in [2.45, 2.75) is 13.0 Å². The van der Waals surface area contributed by atoms with E-state index in [1.807, 2.05) is 0 Å². The van der Waals surface area contributed by atoms with Crippen LogP contribution in [0.5, 0.6) is 11.5 Å². The second kappa shape index (κ2) is 9.10. The Morgan fingerprint density at radius 3 is 2.35 bits per heavy atom. The van der Waals surface area contributed by atoms with Gasteiger partial charge in [0.2, 0.25) is 5.91 Å². The van der Waals surface area contributed by atoms with E-state index in [1.165, 1.54) is 19.1 Å². The lowest BCUT2D eigenvalue weighted by Gasteiger charge is -2.21. The quantitative estimate of drug-likeness (QED) is 0.765. The maximum atomic E-state index is 12.7. The summed E-state index contributed by atoms with van der Waals surface area (Å²) in [5.74, 6) is -0.268. The Morgan fingerprint density at radius 2 is 1.77 bits per heavy atom. The Balaban J connectivity index is 2.21. The number of carboxylic acids is 1. The third kappa shape index (κ3) is 5.39. The Bertz CT molecular complexity index is 776. The lowest BCUT2D eigenvalue weighted by Crippen LogP contribution is -2.36. The van der Waals surface area contributed by atoms with Crippen LogP contribution in [0.4, 0.5) is 0 Å². The molecule has 2 aromatic carbocycles. The number of benzene rings is 2. The molecule has 0 aliphatic rings. The standard InChI is InChI=1S/C19H20ClNO5/c1-25-16-7-8-17(26-2)14(9-16)10-18(22)21(12-19(23)24)11-13-3-5-15(20)6-4-13/h3-9H,10-12H2,1-2H3,(H,23,24). The van der Waals surface area contributed by atoms with Crippen molar-refractivity contribution in [2.75, 3.05) is 20.8 Å². The molecule has 1 amide bonds. The molecule has 26 heavy (non-hydrogen) atoms. The monoisotopic (exact) mass is 377 g/mol. The van der Waals surface area contributed by atoms with Gasteiger partial charge >= 0.3 is 5.97 Å². The minimum absolute atomic E-state index is 0.00123. The average Bonchev–Trinajstić information content (AvgIpc) is 2.62. The molecule has 2 rings (SSSR count). The minimum Gasteiger partial charge on any atom is -0.497 e. The molecule has 0 unspecified atom stereocenters. The Labute approximate surface area is 156 Å². The third-order valence-corrected chi connectivity index (χ3v) is 4.05. The molecule has 0 aliphatic heterocycles. The van der Waals surface area contributed by atoms with Crippen molar-refractivity contribution >= 4 is 23.5 Å². The summed E-state index contributed by atoms with van der Waals surface area (Å²) in [6.07, 6.45) is 0.00123. The summed E-state index contributed by atoms with van der Waals surface area (Å²) in [7, 11) is 3.04. The molecule has 0 radical (unpaired) electrons. The topological polar surface area (TPSA) is 76.1 Å². The van der Waals surface area contributed by atoms with Crippen molar-refractivity contribution in [3.8, 4) is 11.5 Å². The summed E-state index contributed by atoms with van der Waals surface area (Å²) < 4.78 is 10.5. The van der Waals surface area contributed by atoms with Crippen LogP contribution in [0.1, 0.15) is 11.1 Å². The van der Waals surface area contributed by atoms with Crippen LogP contribution >= 0.6 is 11.6 Å². The van der Waals surface area contributed by atoms with Gasteiger partial charge in [-0.15, -0.1) is 0 Å². The number of amides is 1. The van der Waals surface area contributed by atoms with Gasteiger partial charge in [-0.3, -0.25) is 9.59 Å². The van der Waals surface area contributed by atoms with Gasteiger partial charge in [0.1, 0.15) is 18.0 Å². The second-order valence-corrected chi connectivity index (χ2v) is 6.06. The predicted molar refractivity (Wildman–Crippen MR) is 97.8 cm³/mol. The molecule has 0 spiro atoms. The lowest BCUT2D eigenvalue weighted by atomic mass is 10.1. The number of hydrogen-bond acceptors (Lipinski definition) is 4. The molecule has 1 N–H and O–H groups in total. The van der Waals surface area contributed by atoms with Gasteiger partial charge in [-0.25, -0.2) is 0 Å². The summed E-state index contributed by atoms with van der Waals surface area (Å²) in [5, 5.41) is 9.72. The zero-order valence-corrected chi connectivity index (χ0v) is 15.3. The number of aliphatic carboxylic acids is 1. The highest BCUT2D eigenvalue weighted by Crippen LogP contribution is 2.25. The molecule has 7 heteroatoms. The molecular formula is C19H20ClNO5. The van der Waals surface area contributed by atoms with Crippen LogP contribution in [-0.2, 0) is 22.6 Å². The van der Waals surface area contributed by atoms with E-state index in [0.717, 1.165) is 5.56 Å². The average molecular weight is 378 g/mol. The van der Waals surface area contributed by atoms with Crippen molar-refractivity contribution in [1.29, 1.82) is 0 Å². The summed E-state index contributed by atoms with van der Waals surface area (Å²) in [4.78, 5) is 25.2. The molecule has 0 saturated heterocycles. The van der Waals surface area contributed by atoms with Crippen molar-refractivity contribution in [2.24, 2.45) is 0 Å². The van der Waals surface area contributed by atoms with Gasteiger partial charge < -0.3 is 19.5 Å². The highest BCUT2D eigenvalue weighted by Gasteiger charge is 2.19. The first-order chi connectivity index (χ1) is 12.4. The fraction of sp³-hybridized carbons (Fsp3) is 0.263. The lowest BCUT2D eigenvalue weighted by molar-refractivity contribution is -0.144. The molecule has 6 nitrogen and oxygen atoms in total. The third-order valence-electron chi connectivity index (χ3n) is 3.79. The van der Waals surface area contributed by atoms with Gasteiger partial charge in [-0.1, -0.05) is 23.7 Å². The van der Waals surface area contributed by atoms with E-state index in [0.29, 0.717) is 22.1 Å². The molecule has 138 valence electrons. The van der Waals surface area contributed by atoms with E-state index in [-0.39, 0.29) is 18.9 Å². The molecule has 0 atom stereocenters. The number of hydrogen-bond donors (Lipinski definition) is 1. The van der Waals surface area contributed by atoms with Crippen LogP contribution < -0.4 is 9.47 Å². The largest absolute Gasteiger partial charge is 0.497 e. The Morgan fingerprint density at radius 1 is 1.08 bits per heavy atom. The smallest absolute Gasteiger partial charge is 0.323 e. The van der Waals surface area contributed by atoms with Crippen LogP contribution in [0.3, 0.4) is 0 Å². The van der Waals surface area contributed by atoms with E-state index >= 15 is 0 Å². The Hall–Kier alpha value is -2.73. The van der Waals surface area contributed by atoms with Gasteiger partial charge in [-0.2, -0.15) is 0 Å². The van der Waals surface area contributed by atoms with Crippen LogP contribution in [0, 0.1) is 0 Å². The number of nitrogens with zero attached hydrogens (tertiary/aromatic N) is 1. The van der Waals surface area contributed by atoms with Crippen LogP contribution in [0.2, 0.25) is 5.02 Å². The number of carbonyl (C=O) groups is 2. The molecule has 0 fully saturated rings. The number of rotatable bonds is 8. The number of ether oxygens (including phenoxy) is 2. The summed E-state index contributed by atoms with van der Waals surface area (Å²) >= 11 is 5.86. The van der Waals surface area contributed by atoms with Crippen molar-refractivity contribution < 1.29 is 24.2 Å². The number of carbonyl (C=O) groups excluding carboxylic acids is 1.